The Balaban J connectivity index is 1.32. The highest BCUT2D eigenvalue weighted by Gasteiger charge is 2.41. The van der Waals surface area contributed by atoms with Gasteiger partial charge in [0, 0.05) is 42.3 Å². The van der Waals surface area contributed by atoms with Crippen molar-refractivity contribution in [2.24, 2.45) is 0 Å². The summed E-state index contributed by atoms with van der Waals surface area (Å²) in [6.07, 6.45) is 6.04. The molecule has 1 aromatic carbocycles. The van der Waals surface area contributed by atoms with Gasteiger partial charge in [-0.25, -0.2) is 19.0 Å². The number of anilines is 1. The summed E-state index contributed by atoms with van der Waals surface area (Å²) >= 11 is 12.6. The van der Waals surface area contributed by atoms with Crippen LogP contribution < -0.4 is 5.32 Å². The Morgan fingerprint density at radius 2 is 2.10 bits per heavy atom. The number of aromatic nitrogens is 7. The molecule has 1 saturated heterocycles. The molecule has 4 aromatic rings. The van der Waals surface area contributed by atoms with Crippen molar-refractivity contribution in [3.8, 4) is 16.9 Å². The monoisotopic (exact) mass is 567 g/mol. The fourth-order valence-electron chi connectivity index (χ4n) is 5.19. The zero-order chi connectivity index (χ0) is 27.3. The average molecular weight is 568 g/mol. The maximum absolute atomic E-state index is 15.3. The van der Waals surface area contributed by atoms with E-state index in [9.17, 15) is 9.59 Å². The van der Waals surface area contributed by atoms with Crippen LogP contribution in [0.3, 0.4) is 0 Å². The molecule has 198 valence electrons. The van der Waals surface area contributed by atoms with Gasteiger partial charge in [0.2, 0.25) is 11.8 Å². The Morgan fingerprint density at radius 1 is 1.26 bits per heavy atom. The standard InChI is InChI=1S/C25H20Cl2FN9O2/c1-12(38)31-19-9-13(6-7-29-19)23-24(27)33-25(32-23)18-4-2-15-8-14(10-20(39)37(15)18)21-17(36-11-30-34-35-36)5-3-16(26)22(21)28/h3,5-9,11,14,18H,2,4,10H2,1H3,(H,32,33)(H,29,31,38)/t14?,18-/m0/s1. The number of tetrazole rings is 1. The molecule has 11 nitrogen and oxygen atoms in total. The maximum Gasteiger partial charge on any atom is 0.228 e. The number of nitrogens with one attached hydrogen (secondary N) is 2. The lowest BCUT2D eigenvalue weighted by Crippen LogP contribution is -2.34. The van der Waals surface area contributed by atoms with E-state index in [1.54, 1.807) is 29.3 Å². The predicted molar refractivity (Wildman–Crippen MR) is 140 cm³/mol. The molecule has 0 radical (unpaired) electrons. The number of amides is 2. The molecule has 2 atom stereocenters. The summed E-state index contributed by atoms with van der Waals surface area (Å²) in [5, 5.41) is 14.0. The molecule has 1 fully saturated rings. The van der Waals surface area contributed by atoms with Crippen molar-refractivity contribution < 1.29 is 14.0 Å². The number of aromatic amines is 1. The summed E-state index contributed by atoms with van der Waals surface area (Å²) in [5.41, 5.74) is 2.68. The molecule has 2 aliphatic rings. The molecular weight excluding hydrogens is 548 g/mol. The summed E-state index contributed by atoms with van der Waals surface area (Å²) in [6, 6.07) is 6.13. The lowest BCUT2D eigenvalue weighted by Gasteiger charge is -2.31. The molecule has 39 heavy (non-hydrogen) atoms. The lowest BCUT2D eigenvalue weighted by molar-refractivity contribution is -0.131. The van der Waals surface area contributed by atoms with Gasteiger partial charge in [0.1, 0.15) is 23.8 Å². The van der Waals surface area contributed by atoms with Crippen LogP contribution in [0.15, 0.2) is 48.6 Å². The summed E-state index contributed by atoms with van der Waals surface area (Å²) in [5.74, 6) is -0.670. The number of pyridine rings is 1. The third kappa shape index (κ3) is 4.55. The molecule has 0 bridgehead atoms. The molecule has 1 unspecified atom stereocenters. The van der Waals surface area contributed by atoms with Gasteiger partial charge in [0.25, 0.3) is 0 Å². The number of hydrogen-bond donors (Lipinski definition) is 2. The van der Waals surface area contributed by atoms with Crippen molar-refractivity contribution in [1.29, 1.82) is 0 Å². The van der Waals surface area contributed by atoms with Crippen molar-refractivity contribution in [1.82, 2.24) is 40.1 Å². The van der Waals surface area contributed by atoms with E-state index >= 15 is 4.39 Å². The second-order valence-corrected chi connectivity index (χ2v) is 10.00. The van der Waals surface area contributed by atoms with Crippen LogP contribution in [0.4, 0.5) is 10.2 Å². The van der Waals surface area contributed by atoms with Crippen molar-refractivity contribution in [3.05, 3.63) is 75.9 Å². The molecule has 2 aliphatic heterocycles. The lowest BCUT2D eigenvalue weighted by atomic mass is 9.89. The normalized spacial score (nSPS) is 18.7. The number of carbonyl (C=O) groups is 2. The fraction of sp³-hybridized carbons (Fsp3) is 0.240. The van der Waals surface area contributed by atoms with Gasteiger partial charge >= 0.3 is 0 Å². The van der Waals surface area contributed by atoms with Gasteiger partial charge in [-0.2, -0.15) is 0 Å². The van der Waals surface area contributed by atoms with Crippen molar-refractivity contribution in [3.63, 3.8) is 0 Å². The Kier molecular flexibility index (Phi) is 6.35. The quantitative estimate of drug-likeness (QED) is 0.360. The number of nitrogens with zero attached hydrogens (tertiary/aromatic N) is 7. The van der Waals surface area contributed by atoms with Crippen LogP contribution in [0.5, 0.6) is 0 Å². The zero-order valence-corrected chi connectivity index (χ0v) is 21.9. The summed E-state index contributed by atoms with van der Waals surface area (Å²) in [7, 11) is 0. The Morgan fingerprint density at radius 3 is 2.87 bits per heavy atom. The van der Waals surface area contributed by atoms with Crippen LogP contribution in [0.25, 0.3) is 16.9 Å². The number of hydrogen-bond acceptors (Lipinski definition) is 7. The summed E-state index contributed by atoms with van der Waals surface area (Å²) in [6.45, 7) is 1.40. The van der Waals surface area contributed by atoms with Crippen LogP contribution in [-0.2, 0) is 9.59 Å². The minimum absolute atomic E-state index is 0.0259. The molecule has 14 heteroatoms. The number of imidazole rings is 1. The first-order chi connectivity index (χ1) is 18.8. The second kappa shape index (κ2) is 9.86. The number of H-pyrrole nitrogens is 1. The second-order valence-electron chi connectivity index (χ2n) is 9.23. The van der Waals surface area contributed by atoms with E-state index in [2.05, 4.69) is 35.8 Å². The maximum atomic E-state index is 15.3. The Labute approximate surface area is 231 Å². The highest BCUT2D eigenvalue weighted by molar-refractivity contribution is 6.32. The first-order valence-electron chi connectivity index (χ1n) is 12.0. The van der Waals surface area contributed by atoms with E-state index in [4.69, 9.17) is 23.2 Å². The molecular formula is C25H20Cl2FN9O2. The third-order valence-corrected chi connectivity index (χ3v) is 7.34. The molecule has 2 amide bonds. The largest absolute Gasteiger partial charge is 0.339 e. The highest BCUT2D eigenvalue weighted by atomic mass is 35.5. The van der Waals surface area contributed by atoms with Crippen molar-refractivity contribution in [2.75, 3.05) is 5.32 Å². The number of allylic oxidation sites excluding steroid dienone is 2. The molecule has 0 aliphatic carbocycles. The van der Waals surface area contributed by atoms with Gasteiger partial charge in [-0.05, 0) is 47.5 Å². The van der Waals surface area contributed by atoms with Crippen LogP contribution in [0, 0.1) is 5.82 Å². The predicted octanol–water partition coefficient (Wildman–Crippen LogP) is 4.59. The van der Waals surface area contributed by atoms with Crippen LogP contribution in [-0.4, -0.2) is 51.9 Å². The van der Waals surface area contributed by atoms with E-state index in [0.29, 0.717) is 41.4 Å². The van der Waals surface area contributed by atoms with Gasteiger partial charge in [0.15, 0.2) is 5.15 Å². The van der Waals surface area contributed by atoms with Gasteiger partial charge in [-0.1, -0.05) is 29.3 Å². The van der Waals surface area contributed by atoms with Crippen molar-refractivity contribution >= 4 is 40.8 Å². The SMILES string of the molecule is CC(=O)Nc1cc(-c2[nH]c([C@@H]3CCC4=CC(c5c(-n6cnnn6)ccc(Cl)c5F)CC(=O)N43)nc2Cl)ccn1. The van der Waals surface area contributed by atoms with E-state index in [1.807, 2.05) is 6.08 Å². The minimum atomic E-state index is -0.610. The number of fused-ring (bicyclic) bond motifs is 1. The van der Waals surface area contributed by atoms with E-state index in [1.165, 1.54) is 24.0 Å². The van der Waals surface area contributed by atoms with E-state index in [0.717, 1.165) is 5.70 Å². The number of carbonyl (C=O) groups excluding carboxylic acids is 2. The first kappa shape index (κ1) is 25.1. The minimum Gasteiger partial charge on any atom is -0.339 e. The third-order valence-electron chi connectivity index (χ3n) is 6.77. The van der Waals surface area contributed by atoms with Gasteiger partial charge in [0.05, 0.1) is 22.4 Å². The van der Waals surface area contributed by atoms with Crippen LogP contribution >= 0.6 is 23.2 Å². The van der Waals surface area contributed by atoms with Gasteiger partial charge in [-0.3, -0.25) is 9.59 Å². The van der Waals surface area contributed by atoms with Crippen LogP contribution in [0.1, 0.15) is 49.5 Å². The molecule has 0 saturated carbocycles. The highest BCUT2D eigenvalue weighted by Crippen LogP contribution is 2.46. The number of halogens is 3. The fourth-order valence-corrected chi connectivity index (χ4v) is 5.60. The first-order valence-corrected chi connectivity index (χ1v) is 12.8. The summed E-state index contributed by atoms with van der Waals surface area (Å²) in [4.78, 5) is 38.5. The van der Waals surface area contributed by atoms with Crippen LogP contribution in [0.2, 0.25) is 10.2 Å². The van der Waals surface area contributed by atoms with Gasteiger partial charge < -0.3 is 15.2 Å². The zero-order valence-electron chi connectivity index (χ0n) is 20.4. The van der Waals surface area contributed by atoms with E-state index in [-0.39, 0.29) is 40.0 Å². The van der Waals surface area contributed by atoms with Crippen molar-refractivity contribution in [2.45, 2.75) is 38.1 Å². The summed E-state index contributed by atoms with van der Waals surface area (Å²) < 4.78 is 16.7. The molecule has 6 rings (SSSR count). The average Bonchev–Trinajstić information content (AvgIpc) is 3.65. The molecule has 3 aromatic heterocycles. The Bertz CT molecular complexity index is 1640. The topological polar surface area (TPSA) is 135 Å². The smallest absolute Gasteiger partial charge is 0.228 e. The molecule has 5 heterocycles. The Hall–Kier alpha value is -4.16. The molecule has 2 N–H and O–H groups in total. The van der Waals surface area contributed by atoms with E-state index < -0.39 is 11.7 Å². The number of rotatable bonds is 5. The van der Waals surface area contributed by atoms with Gasteiger partial charge in [-0.15, -0.1) is 5.10 Å². The molecule has 0 spiro atoms. The number of benzene rings is 1.